The number of fused-ring (bicyclic) bond motifs is 1. The third-order valence-electron chi connectivity index (χ3n) is 5.24. The number of thiophene rings is 1. The molecule has 0 aliphatic rings. The van der Waals surface area contributed by atoms with Crippen molar-refractivity contribution in [3.8, 4) is 0 Å². The van der Waals surface area contributed by atoms with E-state index in [2.05, 4.69) is 0 Å². The molecule has 30 heavy (non-hydrogen) atoms. The molecule has 0 N–H and O–H groups in total. The Bertz CT molecular complexity index is 1190. The third-order valence-corrected chi connectivity index (χ3v) is 6.09. The number of aromatic nitrogens is 1. The van der Waals surface area contributed by atoms with Crippen LogP contribution in [0.5, 0.6) is 0 Å². The van der Waals surface area contributed by atoms with Gasteiger partial charge in [-0.2, -0.15) is 0 Å². The normalized spacial score (nSPS) is 11.0. The molecule has 0 unspecified atom stereocenters. The van der Waals surface area contributed by atoms with Crippen LogP contribution in [0.2, 0.25) is 0 Å². The number of nitrogens with zero attached hydrogens (tertiary/aromatic N) is 2. The lowest BCUT2D eigenvalue weighted by atomic mass is 10.1. The molecular weight excluding hydrogens is 392 g/mol. The molecule has 2 aromatic heterocycles. The lowest BCUT2D eigenvalue weighted by molar-refractivity contribution is -0.119. The Morgan fingerprint density at radius 2 is 1.80 bits per heavy atom. The molecule has 0 spiro atoms. The number of benzene rings is 2. The molecule has 4 rings (SSSR count). The summed E-state index contributed by atoms with van der Waals surface area (Å²) in [6.45, 7) is 4.70. The van der Waals surface area contributed by atoms with E-state index in [1.807, 2.05) is 90.5 Å². The topological polar surface area (TPSA) is 42.3 Å². The van der Waals surface area contributed by atoms with Crippen molar-refractivity contribution in [1.82, 2.24) is 4.57 Å². The van der Waals surface area contributed by atoms with E-state index in [0.29, 0.717) is 18.7 Å². The Kier molecular flexibility index (Phi) is 5.81. The molecule has 1 amide bonds. The third kappa shape index (κ3) is 4.07. The number of carbonyl (C=O) groups is 2. The summed E-state index contributed by atoms with van der Waals surface area (Å²) in [5, 5.41) is 2.00. The maximum atomic E-state index is 13.2. The number of aryl methyl sites for hydroxylation is 1. The first-order chi connectivity index (χ1) is 14.6. The van der Waals surface area contributed by atoms with Gasteiger partial charge in [-0.05, 0) is 54.6 Å². The maximum Gasteiger partial charge on any atom is 0.246 e. The lowest BCUT2D eigenvalue weighted by Crippen LogP contribution is -2.34. The van der Waals surface area contributed by atoms with Crippen LogP contribution in [0, 0.1) is 6.92 Å². The average Bonchev–Trinajstić information content (AvgIpc) is 3.32. The molecule has 0 saturated carbocycles. The van der Waals surface area contributed by atoms with Gasteiger partial charge >= 0.3 is 0 Å². The summed E-state index contributed by atoms with van der Waals surface area (Å²) < 4.78 is 2.90. The van der Waals surface area contributed by atoms with Crippen molar-refractivity contribution in [2.24, 2.45) is 0 Å². The molecule has 0 bridgehead atoms. The first-order valence-corrected chi connectivity index (χ1v) is 11.0. The minimum Gasteiger partial charge on any atom is -0.328 e. The maximum absolute atomic E-state index is 13.2. The zero-order valence-corrected chi connectivity index (χ0v) is 18.0. The molecular formula is C25H24N2O2S. The SMILES string of the molecule is CCN(C(=O)Cn1c(C(=O)Cc2ccccc2)cc2sccc21)c1cccc(C)c1. The summed E-state index contributed by atoms with van der Waals surface area (Å²) in [5.41, 5.74) is 4.49. The van der Waals surface area contributed by atoms with Gasteiger partial charge in [0.25, 0.3) is 0 Å². The van der Waals surface area contributed by atoms with Crippen LogP contribution in [0.1, 0.15) is 28.5 Å². The van der Waals surface area contributed by atoms with Crippen molar-refractivity contribution in [2.75, 3.05) is 11.4 Å². The molecule has 0 saturated heterocycles. The Labute approximate surface area is 180 Å². The predicted molar refractivity (Wildman–Crippen MR) is 123 cm³/mol. The first-order valence-electron chi connectivity index (χ1n) is 10.1. The minimum atomic E-state index is -0.0273. The highest BCUT2D eigenvalue weighted by Crippen LogP contribution is 2.27. The molecule has 4 aromatic rings. The van der Waals surface area contributed by atoms with E-state index in [1.165, 1.54) is 0 Å². The van der Waals surface area contributed by atoms with E-state index >= 15 is 0 Å². The fourth-order valence-electron chi connectivity index (χ4n) is 3.77. The molecule has 0 aliphatic carbocycles. The highest BCUT2D eigenvalue weighted by Gasteiger charge is 2.21. The second-order valence-electron chi connectivity index (χ2n) is 7.35. The van der Waals surface area contributed by atoms with Crippen LogP contribution < -0.4 is 4.90 Å². The number of carbonyl (C=O) groups excluding carboxylic acids is 2. The van der Waals surface area contributed by atoms with Gasteiger partial charge < -0.3 is 9.47 Å². The molecule has 4 nitrogen and oxygen atoms in total. The molecule has 5 heteroatoms. The molecule has 0 aliphatic heterocycles. The zero-order chi connectivity index (χ0) is 21.1. The molecule has 0 atom stereocenters. The highest BCUT2D eigenvalue weighted by atomic mass is 32.1. The largest absolute Gasteiger partial charge is 0.328 e. The number of hydrogen-bond donors (Lipinski definition) is 0. The Morgan fingerprint density at radius 1 is 1.00 bits per heavy atom. The number of hydrogen-bond acceptors (Lipinski definition) is 3. The van der Waals surface area contributed by atoms with Crippen molar-refractivity contribution in [3.05, 3.63) is 88.9 Å². The Balaban J connectivity index is 1.64. The average molecular weight is 417 g/mol. The van der Waals surface area contributed by atoms with Gasteiger partial charge in [-0.15, -0.1) is 11.3 Å². The number of likely N-dealkylation sites (N-methyl/N-ethyl adjacent to an activating group) is 1. The van der Waals surface area contributed by atoms with Gasteiger partial charge in [-0.1, -0.05) is 42.5 Å². The van der Waals surface area contributed by atoms with Crippen LogP contribution in [0.3, 0.4) is 0 Å². The van der Waals surface area contributed by atoms with Crippen LogP contribution in [-0.2, 0) is 17.8 Å². The molecule has 0 radical (unpaired) electrons. The molecule has 0 fully saturated rings. The van der Waals surface area contributed by atoms with Crippen LogP contribution >= 0.6 is 11.3 Å². The van der Waals surface area contributed by atoms with E-state index in [0.717, 1.165) is 27.0 Å². The van der Waals surface area contributed by atoms with Gasteiger partial charge in [0.15, 0.2) is 5.78 Å². The molecule has 2 heterocycles. The Hall–Kier alpha value is -3.18. The number of ketones is 1. The summed E-state index contributed by atoms with van der Waals surface area (Å²) in [5.74, 6) is -0.00318. The van der Waals surface area contributed by atoms with E-state index in [4.69, 9.17) is 0 Å². The highest BCUT2D eigenvalue weighted by molar-refractivity contribution is 7.17. The number of anilines is 1. The molecule has 2 aromatic carbocycles. The van der Waals surface area contributed by atoms with Crippen molar-refractivity contribution in [2.45, 2.75) is 26.8 Å². The van der Waals surface area contributed by atoms with Crippen molar-refractivity contribution >= 4 is 38.9 Å². The van der Waals surface area contributed by atoms with E-state index in [1.54, 1.807) is 16.2 Å². The smallest absolute Gasteiger partial charge is 0.246 e. The minimum absolute atomic E-state index is 0.0241. The second kappa shape index (κ2) is 8.67. The monoisotopic (exact) mass is 416 g/mol. The molecule has 152 valence electrons. The second-order valence-corrected chi connectivity index (χ2v) is 8.30. The van der Waals surface area contributed by atoms with Crippen LogP contribution in [0.15, 0.2) is 72.1 Å². The fraction of sp³-hybridized carbons (Fsp3) is 0.200. The van der Waals surface area contributed by atoms with Crippen molar-refractivity contribution in [3.63, 3.8) is 0 Å². The fourth-order valence-corrected chi connectivity index (χ4v) is 4.59. The van der Waals surface area contributed by atoms with E-state index < -0.39 is 0 Å². The van der Waals surface area contributed by atoms with Crippen LogP contribution in [-0.4, -0.2) is 22.8 Å². The van der Waals surface area contributed by atoms with Crippen molar-refractivity contribution in [1.29, 1.82) is 0 Å². The first kappa shape index (κ1) is 20.1. The number of rotatable bonds is 7. The van der Waals surface area contributed by atoms with Gasteiger partial charge in [0.2, 0.25) is 5.91 Å². The van der Waals surface area contributed by atoms with Gasteiger partial charge in [-0.25, -0.2) is 0 Å². The lowest BCUT2D eigenvalue weighted by Gasteiger charge is -2.22. The standard InChI is InChI=1S/C25H24N2O2S/c1-3-26(20-11-7-8-18(2)14-20)25(29)17-27-21-12-13-30-24(21)16-22(27)23(28)15-19-9-5-4-6-10-19/h4-14,16H,3,15,17H2,1-2H3. The van der Waals surface area contributed by atoms with Crippen molar-refractivity contribution < 1.29 is 9.59 Å². The van der Waals surface area contributed by atoms with Gasteiger partial charge in [-0.3, -0.25) is 9.59 Å². The summed E-state index contributed by atoms with van der Waals surface area (Å²) >= 11 is 1.59. The summed E-state index contributed by atoms with van der Waals surface area (Å²) in [7, 11) is 0. The van der Waals surface area contributed by atoms with Gasteiger partial charge in [0, 0.05) is 18.7 Å². The van der Waals surface area contributed by atoms with Gasteiger partial charge in [0.05, 0.1) is 15.9 Å². The quantitative estimate of drug-likeness (QED) is 0.374. The van der Waals surface area contributed by atoms with Crippen LogP contribution in [0.4, 0.5) is 5.69 Å². The van der Waals surface area contributed by atoms with Gasteiger partial charge in [0.1, 0.15) is 6.54 Å². The van der Waals surface area contributed by atoms with E-state index in [9.17, 15) is 9.59 Å². The summed E-state index contributed by atoms with van der Waals surface area (Å²) in [4.78, 5) is 28.1. The number of Topliss-reactive ketones (excluding diaryl/α,β-unsaturated/α-hetero) is 1. The Morgan fingerprint density at radius 3 is 2.53 bits per heavy atom. The zero-order valence-electron chi connectivity index (χ0n) is 17.2. The predicted octanol–water partition coefficient (Wildman–Crippen LogP) is 5.49. The summed E-state index contributed by atoms with van der Waals surface area (Å²) in [6, 6.07) is 21.6. The number of amides is 1. The van der Waals surface area contributed by atoms with E-state index in [-0.39, 0.29) is 18.2 Å². The summed E-state index contributed by atoms with van der Waals surface area (Å²) in [6.07, 6.45) is 0.321. The van der Waals surface area contributed by atoms with Crippen LogP contribution in [0.25, 0.3) is 10.2 Å².